The number of benzene rings is 1. The van der Waals surface area contributed by atoms with Gasteiger partial charge in [0, 0.05) is 17.1 Å². The van der Waals surface area contributed by atoms with Gasteiger partial charge in [0.15, 0.2) is 0 Å². The maximum atomic E-state index is 14.2. The van der Waals surface area contributed by atoms with Crippen LogP contribution in [-0.2, 0) is 9.53 Å². The number of H-pyrrole nitrogens is 1. The number of alkyl halides is 1. The van der Waals surface area contributed by atoms with Gasteiger partial charge >= 0.3 is 5.97 Å². The number of nitrogens with zero attached hydrogens (tertiary/aromatic N) is 1. The maximum Gasteiger partial charge on any atom is 0.347 e. The highest BCUT2D eigenvalue weighted by Gasteiger charge is 2.53. The van der Waals surface area contributed by atoms with E-state index in [2.05, 4.69) is 9.72 Å². The van der Waals surface area contributed by atoms with Gasteiger partial charge in [-0.25, -0.2) is 9.18 Å². The SMILES string of the molecule is CCOC(=O)C1(F)CN(C(=O)c2c[nH]c3ccccc3c2=O)C1. The second kappa shape index (κ2) is 5.49. The molecular weight excluding hydrogens is 303 g/mol. The van der Waals surface area contributed by atoms with Crippen molar-refractivity contribution in [2.45, 2.75) is 12.6 Å². The monoisotopic (exact) mass is 318 g/mol. The molecule has 120 valence electrons. The van der Waals surface area contributed by atoms with Crippen molar-refractivity contribution in [1.82, 2.24) is 9.88 Å². The highest BCUT2D eigenvalue weighted by atomic mass is 19.1. The molecule has 3 rings (SSSR count). The lowest BCUT2D eigenvalue weighted by atomic mass is 9.95. The van der Waals surface area contributed by atoms with E-state index in [-0.39, 0.29) is 12.2 Å². The Morgan fingerprint density at radius 1 is 1.35 bits per heavy atom. The highest BCUT2D eigenvalue weighted by Crippen LogP contribution is 2.28. The molecule has 1 amide bonds. The molecule has 0 spiro atoms. The van der Waals surface area contributed by atoms with Gasteiger partial charge in [0.05, 0.1) is 19.7 Å². The van der Waals surface area contributed by atoms with E-state index >= 15 is 0 Å². The van der Waals surface area contributed by atoms with E-state index in [1.165, 1.54) is 6.20 Å². The summed E-state index contributed by atoms with van der Waals surface area (Å²) in [5.74, 6) is -1.58. The van der Waals surface area contributed by atoms with E-state index in [4.69, 9.17) is 0 Å². The molecule has 7 heteroatoms. The van der Waals surface area contributed by atoms with Crippen molar-refractivity contribution < 1.29 is 18.7 Å². The Morgan fingerprint density at radius 2 is 2.04 bits per heavy atom. The van der Waals surface area contributed by atoms with Crippen LogP contribution in [0.2, 0.25) is 0 Å². The summed E-state index contributed by atoms with van der Waals surface area (Å²) >= 11 is 0. The Balaban J connectivity index is 1.82. The van der Waals surface area contributed by atoms with Crippen molar-refractivity contribution in [2.24, 2.45) is 0 Å². The van der Waals surface area contributed by atoms with Gasteiger partial charge in [-0.1, -0.05) is 12.1 Å². The number of carbonyl (C=O) groups is 2. The van der Waals surface area contributed by atoms with Gasteiger partial charge in [0.25, 0.3) is 5.91 Å². The van der Waals surface area contributed by atoms with Crippen LogP contribution in [0.5, 0.6) is 0 Å². The maximum absolute atomic E-state index is 14.2. The second-order valence-corrected chi connectivity index (χ2v) is 5.42. The number of pyridine rings is 1. The fourth-order valence-corrected chi connectivity index (χ4v) is 2.59. The number of nitrogens with one attached hydrogen (secondary N) is 1. The average molecular weight is 318 g/mol. The van der Waals surface area contributed by atoms with Gasteiger partial charge < -0.3 is 14.6 Å². The molecule has 1 aromatic carbocycles. The molecule has 2 heterocycles. The first-order chi connectivity index (χ1) is 11.0. The summed E-state index contributed by atoms with van der Waals surface area (Å²) in [6.07, 6.45) is 1.32. The summed E-state index contributed by atoms with van der Waals surface area (Å²) in [5.41, 5.74) is -2.06. The van der Waals surface area contributed by atoms with Gasteiger partial charge in [-0.15, -0.1) is 0 Å². The summed E-state index contributed by atoms with van der Waals surface area (Å²) in [6.45, 7) is 0.841. The standard InChI is InChI=1S/C16H15FN2O4/c1-2-23-15(22)16(17)8-19(9-16)14(21)11-7-18-12-6-4-3-5-10(12)13(11)20/h3-7H,2,8-9H2,1H3,(H,18,20). The lowest BCUT2D eigenvalue weighted by molar-refractivity contribution is -0.167. The number of amides is 1. The predicted molar refractivity (Wildman–Crippen MR) is 80.9 cm³/mol. The van der Waals surface area contributed by atoms with Crippen LogP contribution in [0, 0.1) is 0 Å². The summed E-state index contributed by atoms with van der Waals surface area (Å²) < 4.78 is 18.9. The quantitative estimate of drug-likeness (QED) is 0.864. The normalized spacial score (nSPS) is 16.0. The molecule has 1 N–H and O–H groups in total. The molecule has 0 aliphatic carbocycles. The van der Waals surface area contributed by atoms with Crippen molar-refractivity contribution in [3.8, 4) is 0 Å². The van der Waals surface area contributed by atoms with Crippen molar-refractivity contribution >= 4 is 22.8 Å². The van der Waals surface area contributed by atoms with E-state index < -0.39 is 36.1 Å². The molecule has 1 aliphatic rings. The molecule has 0 radical (unpaired) electrons. The first kappa shape index (κ1) is 15.2. The van der Waals surface area contributed by atoms with Gasteiger partial charge in [-0.3, -0.25) is 9.59 Å². The number of likely N-dealkylation sites (tertiary alicyclic amines) is 1. The Kier molecular flexibility index (Phi) is 3.63. The molecular formula is C16H15FN2O4. The van der Waals surface area contributed by atoms with Crippen LogP contribution >= 0.6 is 0 Å². The fraction of sp³-hybridized carbons (Fsp3) is 0.312. The van der Waals surface area contributed by atoms with E-state index in [0.29, 0.717) is 10.9 Å². The predicted octanol–water partition coefficient (Wildman–Crippen LogP) is 1.26. The molecule has 1 aromatic heterocycles. The van der Waals surface area contributed by atoms with Crippen LogP contribution in [-0.4, -0.2) is 47.1 Å². The number of esters is 1. The number of hydrogen-bond donors (Lipinski definition) is 1. The Labute approximate surface area is 130 Å². The minimum Gasteiger partial charge on any atom is -0.464 e. The molecule has 0 unspecified atom stereocenters. The average Bonchev–Trinajstić information content (AvgIpc) is 2.52. The molecule has 0 saturated carbocycles. The zero-order valence-electron chi connectivity index (χ0n) is 12.5. The fourth-order valence-electron chi connectivity index (χ4n) is 2.59. The van der Waals surface area contributed by atoms with E-state index in [9.17, 15) is 18.8 Å². The Morgan fingerprint density at radius 3 is 2.74 bits per heavy atom. The largest absolute Gasteiger partial charge is 0.464 e. The number of fused-ring (bicyclic) bond motifs is 1. The zero-order valence-corrected chi connectivity index (χ0v) is 12.5. The zero-order chi connectivity index (χ0) is 16.6. The molecule has 2 aromatic rings. The van der Waals surface area contributed by atoms with Gasteiger partial charge in [-0.2, -0.15) is 0 Å². The van der Waals surface area contributed by atoms with Gasteiger partial charge in [0.2, 0.25) is 11.1 Å². The number of rotatable bonds is 3. The number of hydrogen-bond acceptors (Lipinski definition) is 4. The number of aromatic nitrogens is 1. The first-order valence-corrected chi connectivity index (χ1v) is 7.22. The van der Waals surface area contributed by atoms with E-state index in [0.717, 1.165) is 4.90 Å². The first-order valence-electron chi connectivity index (χ1n) is 7.22. The van der Waals surface area contributed by atoms with Crippen molar-refractivity contribution in [3.05, 3.63) is 46.2 Å². The molecule has 23 heavy (non-hydrogen) atoms. The van der Waals surface area contributed by atoms with Crippen molar-refractivity contribution in [2.75, 3.05) is 19.7 Å². The van der Waals surface area contributed by atoms with Crippen LogP contribution < -0.4 is 5.43 Å². The molecule has 6 nitrogen and oxygen atoms in total. The summed E-state index contributed by atoms with van der Waals surface area (Å²) in [6, 6.07) is 6.80. The van der Waals surface area contributed by atoms with Gasteiger partial charge in [0.1, 0.15) is 5.56 Å². The minimum atomic E-state index is -2.19. The van der Waals surface area contributed by atoms with E-state index in [1.807, 2.05) is 0 Å². The molecule has 1 fully saturated rings. The smallest absolute Gasteiger partial charge is 0.347 e. The van der Waals surface area contributed by atoms with Crippen molar-refractivity contribution in [3.63, 3.8) is 0 Å². The van der Waals surface area contributed by atoms with Crippen LogP contribution in [0.1, 0.15) is 17.3 Å². The Bertz CT molecular complexity index is 839. The number of para-hydroxylation sites is 1. The van der Waals surface area contributed by atoms with Crippen LogP contribution in [0.25, 0.3) is 10.9 Å². The highest BCUT2D eigenvalue weighted by molar-refractivity contribution is 5.99. The number of carbonyl (C=O) groups excluding carboxylic acids is 2. The lowest BCUT2D eigenvalue weighted by Crippen LogP contribution is -2.65. The molecule has 0 atom stereocenters. The number of ether oxygens (including phenoxy) is 1. The van der Waals surface area contributed by atoms with Gasteiger partial charge in [-0.05, 0) is 19.1 Å². The van der Waals surface area contributed by atoms with Crippen molar-refractivity contribution in [1.29, 1.82) is 0 Å². The number of aromatic amines is 1. The van der Waals surface area contributed by atoms with E-state index in [1.54, 1.807) is 31.2 Å². The molecule has 1 saturated heterocycles. The summed E-state index contributed by atoms with van der Waals surface area (Å²) in [4.78, 5) is 40.2. The molecule has 0 bridgehead atoms. The second-order valence-electron chi connectivity index (χ2n) is 5.42. The Hall–Kier alpha value is -2.70. The van der Waals surface area contributed by atoms with Crippen LogP contribution in [0.4, 0.5) is 4.39 Å². The third kappa shape index (κ3) is 2.48. The summed E-state index contributed by atoms with van der Waals surface area (Å²) in [7, 11) is 0. The third-order valence-electron chi connectivity index (χ3n) is 3.83. The topological polar surface area (TPSA) is 79.5 Å². The third-order valence-corrected chi connectivity index (χ3v) is 3.83. The van der Waals surface area contributed by atoms with Crippen LogP contribution in [0.15, 0.2) is 35.3 Å². The summed E-state index contributed by atoms with van der Waals surface area (Å²) in [5, 5.41) is 0.385. The number of halogens is 1. The lowest BCUT2D eigenvalue weighted by Gasteiger charge is -2.42. The molecule has 1 aliphatic heterocycles. The van der Waals surface area contributed by atoms with Crippen LogP contribution in [0.3, 0.4) is 0 Å². The minimum absolute atomic E-state index is 0.0722.